The zero-order chi connectivity index (χ0) is 11.3. The summed E-state index contributed by atoms with van der Waals surface area (Å²) in [4.78, 5) is 9.86. The maximum absolute atomic E-state index is 12.3. The van der Waals surface area contributed by atoms with Crippen LogP contribution >= 0.6 is 0 Å². The summed E-state index contributed by atoms with van der Waals surface area (Å²) in [5.41, 5.74) is -0.0913. The second-order valence-corrected chi connectivity index (χ2v) is 3.06. The number of benzene rings is 1. The van der Waals surface area contributed by atoms with Crippen LogP contribution in [0.2, 0.25) is 0 Å². The van der Waals surface area contributed by atoms with Gasteiger partial charge in [0.25, 0.3) is 0 Å². The molecular weight excluding hydrogens is 205 g/mol. The van der Waals surface area contributed by atoms with Gasteiger partial charge in [-0.15, -0.1) is 0 Å². The molecule has 1 aromatic rings. The average molecular weight is 214 g/mol. The van der Waals surface area contributed by atoms with Gasteiger partial charge in [0.2, 0.25) is 0 Å². The minimum atomic E-state index is -4.31. The molecule has 0 spiro atoms. The van der Waals surface area contributed by atoms with Gasteiger partial charge in [-0.25, -0.2) is 4.79 Å². The molecule has 0 fully saturated rings. The zero-order valence-corrected chi connectivity index (χ0v) is 7.84. The highest BCUT2D eigenvalue weighted by molar-refractivity contribution is 5.44. The Hall–Kier alpha value is -1.54. The van der Waals surface area contributed by atoms with Gasteiger partial charge < -0.3 is 0 Å². The quantitative estimate of drug-likeness (QED) is 0.707. The Kier molecular flexibility index (Phi) is 3.69. The van der Waals surface area contributed by atoms with Crippen molar-refractivity contribution in [3.63, 3.8) is 0 Å². The van der Waals surface area contributed by atoms with E-state index in [2.05, 4.69) is 0 Å². The topological polar surface area (TPSA) is 17.1 Å². The van der Waals surface area contributed by atoms with Crippen LogP contribution in [0.3, 0.4) is 0 Å². The molecule has 0 N–H and O–H groups in total. The van der Waals surface area contributed by atoms with Crippen LogP contribution in [0, 0.1) is 0 Å². The Labute approximate surface area is 85.2 Å². The van der Waals surface area contributed by atoms with Gasteiger partial charge in [-0.2, -0.15) is 13.2 Å². The van der Waals surface area contributed by atoms with Gasteiger partial charge in [-0.3, -0.25) is 0 Å². The van der Waals surface area contributed by atoms with Gasteiger partial charge >= 0.3 is 6.18 Å². The van der Waals surface area contributed by atoms with Gasteiger partial charge in [0.05, 0.1) is 5.56 Å². The van der Waals surface area contributed by atoms with Crippen LogP contribution in [-0.2, 0) is 17.4 Å². The van der Waals surface area contributed by atoms with E-state index in [1.807, 2.05) is 0 Å². The number of aryl methyl sites for hydroxylation is 1. The summed E-state index contributed by atoms with van der Waals surface area (Å²) in [6.07, 6.45) is -2.22. The minimum absolute atomic E-state index is 0.408. The number of alkyl halides is 3. The second-order valence-electron chi connectivity index (χ2n) is 3.06. The van der Waals surface area contributed by atoms with Crippen molar-refractivity contribution in [1.29, 1.82) is 0 Å². The molecule has 0 aliphatic heterocycles. The number of hydrogen-bond donors (Lipinski definition) is 0. The number of halogens is 3. The van der Waals surface area contributed by atoms with E-state index in [-0.39, 0.29) is 0 Å². The van der Waals surface area contributed by atoms with Crippen LogP contribution in [-0.4, -0.2) is 5.94 Å². The third-order valence-corrected chi connectivity index (χ3v) is 1.91. The fourth-order valence-corrected chi connectivity index (χ4v) is 1.20. The Morgan fingerprint density at radius 3 is 2.67 bits per heavy atom. The first-order valence-corrected chi connectivity index (χ1v) is 4.39. The number of carbonyl (C=O) groups excluding carboxylic acids is 1. The molecule has 0 saturated carbocycles. The fourth-order valence-electron chi connectivity index (χ4n) is 1.20. The van der Waals surface area contributed by atoms with Crippen LogP contribution in [0.15, 0.2) is 30.3 Å². The minimum Gasteiger partial charge on any atom is -0.234 e. The molecule has 0 radical (unpaired) electrons. The molecule has 0 atom stereocenters. The molecular formula is C11H9F3O. The van der Waals surface area contributed by atoms with Crippen LogP contribution in [0.4, 0.5) is 13.2 Å². The summed E-state index contributed by atoms with van der Waals surface area (Å²) >= 11 is 0. The Balaban J connectivity index is 2.79. The lowest BCUT2D eigenvalue weighted by Crippen LogP contribution is -2.05. The van der Waals surface area contributed by atoms with Crippen LogP contribution < -0.4 is 0 Å². The highest BCUT2D eigenvalue weighted by atomic mass is 19.4. The van der Waals surface area contributed by atoms with Gasteiger partial charge in [0.1, 0.15) is 5.94 Å². The summed E-state index contributed by atoms with van der Waals surface area (Å²) < 4.78 is 36.9. The van der Waals surface area contributed by atoms with Crippen molar-refractivity contribution in [1.82, 2.24) is 0 Å². The normalized spacial score (nSPS) is 10.9. The summed E-state index contributed by atoms with van der Waals surface area (Å²) in [6.45, 7) is 0. The lowest BCUT2D eigenvalue weighted by atomic mass is 10.1. The molecule has 0 saturated heterocycles. The van der Waals surface area contributed by atoms with E-state index in [4.69, 9.17) is 0 Å². The molecule has 0 aromatic heterocycles. The smallest absolute Gasteiger partial charge is 0.234 e. The molecule has 1 aromatic carbocycles. The van der Waals surface area contributed by atoms with Gasteiger partial charge in [0.15, 0.2) is 0 Å². The Morgan fingerprint density at radius 2 is 2.07 bits per heavy atom. The van der Waals surface area contributed by atoms with Crippen molar-refractivity contribution in [3.05, 3.63) is 41.5 Å². The maximum atomic E-state index is 12.3. The van der Waals surface area contributed by atoms with E-state index in [9.17, 15) is 18.0 Å². The van der Waals surface area contributed by atoms with Crippen molar-refractivity contribution in [2.45, 2.75) is 19.0 Å². The molecule has 80 valence electrons. The van der Waals surface area contributed by atoms with E-state index in [1.54, 1.807) is 12.0 Å². The fraction of sp³-hybridized carbons (Fsp3) is 0.273. The Bertz CT molecular complexity index is 376. The monoisotopic (exact) mass is 214 g/mol. The van der Waals surface area contributed by atoms with E-state index < -0.39 is 11.7 Å². The van der Waals surface area contributed by atoms with Crippen molar-refractivity contribution in [2.24, 2.45) is 0 Å². The van der Waals surface area contributed by atoms with E-state index in [1.165, 1.54) is 12.1 Å². The van der Waals surface area contributed by atoms with E-state index in [0.29, 0.717) is 18.4 Å². The summed E-state index contributed by atoms with van der Waals surface area (Å²) in [5, 5.41) is 0. The molecule has 1 rings (SSSR count). The first-order valence-electron chi connectivity index (χ1n) is 4.39. The van der Waals surface area contributed by atoms with Crippen molar-refractivity contribution >= 4 is 5.94 Å². The molecule has 0 amide bonds. The molecule has 1 nitrogen and oxygen atoms in total. The molecule has 0 aliphatic carbocycles. The molecule has 0 bridgehead atoms. The summed E-state index contributed by atoms with van der Waals surface area (Å²) in [6, 6.07) is 5.09. The zero-order valence-electron chi connectivity index (χ0n) is 7.84. The van der Waals surface area contributed by atoms with Gasteiger partial charge in [0, 0.05) is 6.08 Å². The van der Waals surface area contributed by atoms with Crippen molar-refractivity contribution < 1.29 is 18.0 Å². The molecule has 0 aliphatic rings. The van der Waals surface area contributed by atoms with Crippen LogP contribution in [0.1, 0.15) is 17.5 Å². The van der Waals surface area contributed by atoms with Crippen molar-refractivity contribution in [3.8, 4) is 0 Å². The summed E-state index contributed by atoms with van der Waals surface area (Å²) in [5.74, 6) is 1.59. The van der Waals surface area contributed by atoms with Gasteiger partial charge in [-0.1, -0.05) is 18.2 Å². The molecule has 15 heavy (non-hydrogen) atoms. The largest absolute Gasteiger partial charge is 0.416 e. The lowest BCUT2D eigenvalue weighted by molar-refractivity contribution is -0.137. The molecule has 0 unspecified atom stereocenters. The van der Waals surface area contributed by atoms with Crippen LogP contribution in [0.5, 0.6) is 0 Å². The Morgan fingerprint density at radius 1 is 1.33 bits per heavy atom. The predicted octanol–water partition coefficient (Wildman–Crippen LogP) is 3.03. The predicted molar refractivity (Wildman–Crippen MR) is 50.0 cm³/mol. The van der Waals surface area contributed by atoms with Crippen molar-refractivity contribution in [2.75, 3.05) is 0 Å². The second kappa shape index (κ2) is 4.80. The highest BCUT2D eigenvalue weighted by Gasteiger charge is 2.30. The molecule has 4 heteroatoms. The average Bonchev–Trinajstić information content (AvgIpc) is 2.17. The summed E-state index contributed by atoms with van der Waals surface area (Å²) in [7, 11) is 0. The number of rotatable bonds is 3. The third kappa shape index (κ3) is 3.60. The SMILES string of the molecule is O=C=CCCc1cccc(C(F)(F)F)c1. The molecule has 0 heterocycles. The standard InChI is InChI=1S/C11H9F3O/c12-11(13,14)10-6-3-5-9(8-10)4-1-2-7-15/h2-3,5-6,8H,1,4H2. The third-order valence-electron chi connectivity index (χ3n) is 1.91. The van der Waals surface area contributed by atoms with E-state index >= 15 is 0 Å². The first-order chi connectivity index (χ1) is 7.04. The number of hydrogen-bond acceptors (Lipinski definition) is 1. The lowest BCUT2D eigenvalue weighted by Gasteiger charge is -2.07. The van der Waals surface area contributed by atoms with E-state index in [0.717, 1.165) is 12.1 Å². The van der Waals surface area contributed by atoms with Crippen LogP contribution in [0.25, 0.3) is 0 Å². The maximum Gasteiger partial charge on any atom is 0.416 e. The van der Waals surface area contributed by atoms with Gasteiger partial charge in [-0.05, 0) is 24.5 Å². The first kappa shape index (κ1) is 11.5. The highest BCUT2D eigenvalue weighted by Crippen LogP contribution is 2.29. The number of allylic oxidation sites excluding steroid dienone is 1.